The molecule has 0 aromatic heterocycles. The molecule has 0 aliphatic heterocycles. The fourth-order valence-corrected chi connectivity index (χ4v) is 5.70. The van der Waals surface area contributed by atoms with Gasteiger partial charge in [0.05, 0.1) is 6.54 Å². The van der Waals surface area contributed by atoms with Crippen LogP contribution in [0.5, 0.6) is 0 Å². The van der Waals surface area contributed by atoms with Crippen LogP contribution in [0.4, 0.5) is 0 Å². The SMILES string of the molecule is CCCCCCCCCN(CCCCCCCCC)CCN(CCCCCCCCC)CC(=O)N(C)CCCNC. The molecule has 0 radical (unpaired) electrons. The largest absolute Gasteiger partial charge is 0.345 e. The van der Waals surface area contributed by atoms with E-state index in [2.05, 4.69) is 35.9 Å². The third-order valence-electron chi connectivity index (χ3n) is 8.67. The van der Waals surface area contributed by atoms with Gasteiger partial charge in [-0.3, -0.25) is 9.69 Å². The summed E-state index contributed by atoms with van der Waals surface area (Å²) in [4.78, 5) is 20.2. The predicted octanol–water partition coefficient (Wildman–Crippen LogP) is 8.91. The van der Waals surface area contributed by atoms with E-state index in [0.717, 1.165) is 39.1 Å². The van der Waals surface area contributed by atoms with Crippen molar-refractivity contribution < 1.29 is 4.79 Å². The molecule has 0 fully saturated rings. The average molecular weight is 581 g/mol. The quantitative estimate of drug-likeness (QED) is 0.0787. The number of carbonyl (C=O) groups excluding carboxylic acids is 1. The molecular weight excluding hydrogens is 504 g/mol. The van der Waals surface area contributed by atoms with Crippen LogP contribution >= 0.6 is 0 Å². The zero-order valence-electron chi connectivity index (χ0n) is 29.0. The second-order valence-electron chi connectivity index (χ2n) is 12.8. The van der Waals surface area contributed by atoms with Crippen LogP contribution < -0.4 is 5.32 Å². The first-order valence-electron chi connectivity index (χ1n) is 18.4. The molecule has 0 aliphatic carbocycles. The van der Waals surface area contributed by atoms with Crippen molar-refractivity contribution in [2.75, 3.05) is 66.5 Å². The van der Waals surface area contributed by atoms with Gasteiger partial charge in [-0.2, -0.15) is 0 Å². The fourth-order valence-electron chi connectivity index (χ4n) is 5.70. The van der Waals surface area contributed by atoms with Crippen molar-refractivity contribution in [1.82, 2.24) is 20.0 Å². The monoisotopic (exact) mass is 581 g/mol. The minimum Gasteiger partial charge on any atom is -0.345 e. The Bertz CT molecular complexity index is 512. The lowest BCUT2D eigenvalue weighted by Crippen LogP contribution is -2.43. The van der Waals surface area contributed by atoms with E-state index in [0.29, 0.717) is 6.54 Å². The Morgan fingerprint density at radius 2 is 0.829 bits per heavy atom. The van der Waals surface area contributed by atoms with Gasteiger partial charge in [0.15, 0.2) is 0 Å². The van der Waals surface area contributed by atoms with Gasteiger partial charge in [0.25, 0.3) is 0 Å². The average Bonchev–Trinajstić information content (AvgIpc) is 2.97. The minimum absolute atomic E-state index is 0.287. The number of hydrogen-bond acceptors (Lipinski definition) is 4. The van der Waals surface area contributed by atoms with Gasteiger partial charge in [-0.1, -0.05) is 136 Å². The summed E-state index contributed by atoms with van der Waals surface area (Å²) in [6, 6.07) is 0. The molecule has 0 rings (SSSR count). The van der Waals surface area contributed by atoms with Crippen molar-refractivity contribution in [1.29, 1.82) is 0 Å². The molecule has 5 heteroatoms. The van der Waals surface area contributed by atoms with E-state index in [1.165, 1.54) is 148 Å². The second-order valence-corrected chi connectivity index (χ2v) is 12.8. The molecule has 1 amide bonds. The highest BCUT2D eigenvalue weighted by molar-refractivity contribution is 5.77. The molecule has 0 atom stereocenters. The molecule has 0 aromatic rings. The second kappa shape index (κ2) is 32.3. The number of unbranched alkanes of at least 4 members (excludes halogenated alkanes) is 18. The number of hydrogen-bond donors (Lipinski definition) is 1. The van der Waals surface area contributed by atoms with Crippen molar-refractivity contribution in [3.05, 3.63) is 0 Å². The summed E-state index contributed by atoms with van der Waals surface area (Å²) >= 11 is 0. The lowest BCUT2D eigenvalue weighted by atomic mass is 10.1. The molecule has 0 bridgehead atoms. The van der Waals surface area contributed by atoms with Crippen LogP contribution in [-0.2, 0) is 4.79 Å². The number of nitrogens with zero attached hydrogens (tertiary/aromatic N) is 3. The maximum atomic E-state index is 13.1. The lowest BCUT2D eigenvalue weighted by molar-refractivity contribution is -0.131. The molecule has 0 aliphatic rings. The van der Waals surface area contributed by atoms with Crippen LogP contribution in [-0.4, -0.2) is 87.1 Å². The molecule has 0 unspecified atom stereocenters. The van der Waals surface area contributed by atoms with E-state index < -0.39 is 0 Å². The molecule has 0 saturated heterocycles. The summed E-state index contributed by atoms with van der Waals surface area (Å²) in [5.41, 5.74) is 0. The summed E-state index contributed by atoms with van der Waals surface area (Å²) in [5.74, 6) is 0.287. The maximum Gasteiger partial charge on any atom is 0.236 e. The van der Waals surface area contributed by atoms with Gasteiger partial charge in [0.2, 0.25) is 5.91 Å². The van der Waals surface area contributed by atoms with E-state index in [1.54, 1.807) is 0 Å². The third-order valence-corrected chi connectivity index (χ3v) is 8.67. The Labute approximate surface area is 259 Å². The summed E-state index contributed by atoms with van der Waals surface area (Å²) in [6.45, 7) is 14.9. The highest BCUT2D eigenvalue weighted by Crippen LogP contribution is 2.12. The zero-order chi connectivity index (χ0) is 30.2. The molecule has 246 valence electrons. The molecule has 0 saturated carbocycles. The van der Waals surface area contributed by atoms with Crippen LogP contribution in [0.25, 0.3) is 0 Å². The predicted molar refractivity (Wildman–Crippen MR) is 183 cm³/mol. The van der Waals surface area contributed by atoms with Gasteiger partial charge in [0.1, 0.15) is 0 Å². The number of rotatable bonds is 33. The highest BCUT2D eigenvalue weighted by atomic mass is 16.2. The van der Waals surface area contributed by atoms with Crippen molar-refractivity contribution in [2.45, 2.75) is 162 Å². The Kier molecular flexibility index (Phi) is 31.8. The van der Waals surface area contributed by atoms with Crippen LogP contribution in [0.2, 0.25) is 0 Å². The summed E-state index contributed by atoms with van der Waals surface area (Å²) in [6.07, 6.45) is 29.5. The summed E-state index contributed by atoms with van der Waals surface area (Å²) in [7, 11) is 3.97. The third kappa shape index (κ3) is 27.9. The van der Waals surface area contributed by atoms with Gasteiger partial charge < -0.3 is 15.1 Å². The van der Waals surface area contributed by atoms with Gasteiger partial charge in [-0.15, -0.1) is 0 Å². The van der Waals surface area contributed by atoms with Crippen LogP contribution in [0, 0.1) is 0 Å². The standard InChI is InChI=1S/C36H76N4O/c1-6-9-12-15-18-21-24-30-39(31-25-22-19-16-13-10-7-2)33-34-40(32-26-23-20-17-14-11-8-3)35-36(41)38(5)29-27-28-37-4/h37H,6-35H2,1-5H3. The Morgan fingerprint density at radius 1 is 0.463 bits per heavy atom. The molecule has 0 heterocycles. The molecule has 0 spiro atoms. The Morgan fingerprint density at radius 3 is 1.24 bits per heavy atom. The van der Waals surface area contributed by atoms with Crippen LogP contribution in [0.15, 0.2) is 0 Å². The first-order chi connectivity index (χ1) is 20.1. The van der Waals surface area contributed by atoms with E-state index in [1.807, 2.05) is 19.0 Å². The fraction of sp³-hybridized carbons (Fsp3) is 0.972. The summed E-state index contributed by atoms with van der Waals surface area (Å²) in [5, 5.41) is 3.20. The number of likely N-dealkylation sites (N-methyl/N-ethyl adjacent to an activating group) is 1. The molecule has 41 heavy (non-hydrogen) atoms. The van der Waals surface area contributed by atoms with Crippen molar-refractivity contribution in [3.8, 4) is 0 Å². The normalized spacial score (nSPS) is 11.7. The molecular formula is C36H76N4O. The van der Waals surface area contributed by atoms with E-state index >= 15 is 0 Å². The van der Waals surface area contributed by atoms with Crippen LogP contribution in [0.3, 0.4) is 0 Å². The van der Waals surface area contributed by atoms with Crippen molar-refractivity contribution in [3.63, 3.8) is 0 Å². The van der Waals surface area contributed by atoms with Gasteiger partial charge >= 0.3 is 0 Å². The summed E-state index contributed by atoms with van der Waals surface area (Å²) < 4.78 is 0. The van der Waals surface area contributed by atoms with E-state index in [4.69, 9.17) is 0 Å². The lowest BCUT2D eigenvalue weighted by Gasteiger charge is -2.29. The molecule has 1 N–H and O–H groups in total. The van der Waals surface area contributed by atoms with Gasteiger partial charge in [-0.05, 0) is 58.9 Å². The molecule has 0 aromatic carbocycles. The van der Waals surface area contributed by atoms with E-state index in [-0.39, 0.29) is 5.91 Å². The van der Waals surface area contributed by atoms with Gasteiger partial charge in [0, 0.05) is 26.7 Å². The molecule has 5 nitrogen and oxygen atoms in total. The van der Waals surface area contributed by atoms with Crippen molar-refractivity contribution >= 4 is 5.91 Å². The van der Waals surface area contributed by atoms with Crippen LogP contribution in [0.1, 0.15) is 162 Å². The zero-order valence-corrected chi connectivity index (χ0v) is 29.0. The van der Waals surface area contributed by atoms with E-state index in [9.17, 15) is 4.79 Å². The number of nitrogens with one attached hydrogen (secondary N) is 1. The first kappa shape index (κ1) is 40.4. The number of carbonyl (C=O) groups is 1. The topological polar surface area (TPSA) is 38.8 Å². The Balaban J connectivity index is 4.83. The first-order valence-corrected chi connectivity index (χ1v) is 18.4. The highest BCUT2D eigenvalue weighted by Gasteiger charge is 2.16. The van der Waals surface area contributed by atoms with Gasteiger partial charge in [-0.25, -0.2) is 0 Å². The maximum absolute atomic E-state index is 13.1. The number of amides is 1. The Hall–Kier alpha value is -0.650. The minimum atomic E-state index is 0.287. The van der Waals surface area contributed by atoms with Crippen molar-refractivity contribution in [2.24, 2.45) is 0 Å². The smallest absolute Gasteiger partial charge is 0.236 e.